The summed E-state index contributed by atoms with van der Waals surface area (Å²) in [5.41, 5.74) is 2.71. The van der Waals surface area contributed by atoms with E-state index in [4.69, 9.17) is 6.42 Å². The Morgan fingerprint density at radius 2 is 2.42 bits per heavy atom. The van der Waals surface area contributed by atoms with Crippen molar-refractivity contribution in [1.29, 1.82) is 0 Å². The Labute approximate surface area is 74.7 Å². The second kappa shape index (κ2) is 4.62. The summed E-state index contributed by atoms with van der Waals surface area (Å²) in [6.45, 7) is 2.13. The van der Waals surface area contributed by atoms with Gasteiger partial charge in [-0.3, -0.25) is 0 Å². The van der Waals surface area contributed by atoms with Crippen LogP contribution in [0.3, 0.4) is 0 Å². The Morgan fingerprint density at radius 1 is 1.58 bits per heavy atom. The van der Waals surface area contributed by atoms with Crippen molar-refractivity contribution in [2.45, 2.75) is 26.2 Å². The van der Waals surface area contributed by atoms with Gasteiger partial charge in [-0.25, -0.2) is 0 Å². The van der Waals surface area contributed by atoms with Crippen molar-refractivity contribution < 1.29 is 0 Å². The molecular formula is C12H14. The van der Waals surface area contributed by atoms with Gasteiger partial charge >= 0.3 is 0 Å². The molecule has 0 atom stereocenters. The molecule has 0 amide bonds. The molecule has 0 heteroatoms. The molecule has 1 aliphatic carbocycles. The van der Waals surface area contributed by atoms with E-state index in [1.807, 2.05) is 0 Å². The van der Waals surface area contributed by atoms with Crippen LogP contribution in [0.4, 0.5) is 0 Å². The smallest absolute Gasteiger partial charge is 0.00890 e. The monoisotopic (exact) mass is 158 g/mol. The van der Waals surface area contributed by atoms with Crippen LogP contribution in [0, 0.1) is 12.3 Å². The molecule has 0 fully saturated rings. The van der Waals surface area contributed by atoms with Crippen molar-refractivity contribution in [1.82, 2.24) is 0 Å². The van der Waals surface area contributed by atoms with Gasteiger partial charge in [-0.2, -0.15) is 0 Å². The summed E-state index contributed by atoms with van der Waals surface area (Å²) in [7, 11) is 0. The first kappa shape index (κ1) is 8.87. The minimum Gasteiger partial charge on any atom is -0.120 e. The van der Waals surface area contributed by atoms with Crippen LogP contribution in [0.5, 0.6) is 0 Å². The highest BCUT2D eigenvalue weighted by Gasteiger charge is 1.98. The molecule has 62 valence electrons. The highest BCUT2D eigenvalue weighted by atomic mass is 14.0. The third-order valence-electron chi connectivity index (χ3n) is 1.97. The molecule has 0 nitrogen and oxygen atoms in total. The second-order valence-electron chi connectivity index (χ2n) is 2.96. The third-order valence-corrected chi connectivity index (χ3v) is 1.97. The summed E-state index contributed by atoms with van der Waals surface area (Å²) in [6, 6.07) is 0. The number of hydrogen-bond donors (Lipinski definition) is 0. The van der Waals surface area contributed by atoms with Gasteiger partial charge in [-0.1, -0.05) is 24.3 Å². The molecule has 0 saturated carbocycles. The van der Waals surface area contributed by atoms with Crippen molar-refractivity contribution in [3.8, 4) is 12.3 Å². The Bertz CT molecular complexity index is 269. The van der Waals surface area contributed by atoms with Crippen LogP contribution < -0.4 is 0 Å². The molecule has 0 spiro atoms. The van der Waals surface area contributed by atoms with E-state index in [-0.39, 0.29) is 0 Å². The zero-order valence-electron chi connectivity index (χ0n) is 7.51. The van der Waals surface area contributed by atoms with E-state index in [0.29, 0.717) is 0 Å². The lowest BCUT2D eigenvalue weighted by atomic mass is 10.1. The lowest BCUT2D eigenvalue weighted by Crippen LogP contribution is -1.77. The normalized spacial score (nSPS) is 18.0. The average molecular weight is 158 g/mol. The van der Waals surface area contributed by atoms with Gasteiger partial charge in [0.1, 0.15) is 0 Å². The van der Waals surface area contributed by atoms with Crippen molar-refractivity contribution in [3.63, 3.8) is 0 Å². The lowest BCUT2D eigenvalue weighted by Gasteiger charge is -1.96. The van der Waals surface area contributed by atoms with Crippen molar-refractivity contribution in [2.24, 2.45) is 0 Å². The molecule has 12 heavy (non-hydrogen) atoms. The maximum atomic E-state index is 5.15. The summed E-state index contributed by atoms with van der Waals surface area (Å²) < 4.78 is 0. The van der Waals surface area contributed by atoms with E-state index in [1.165, 1.54) is 11.1 Å². The Hall–Kier alpha value is -1.22. The van der Waals surface area contributed by atoms with E-state index in [0.717, 1.165) is 19.3 Å². The Balaban J connectivity index is 2.34. The van der Waals surface area contributed by atoms with Crippen LogP contribution in [0.2, 0.25) is 0 Å². The van der Waals surface area contributed by atoms with Crippen molar-refractivity contribution in [2.75, 3.05) is 0 Å². The first-order valence-corrected chi connectivity index (χ1v) is 4.33. The van der Waals surface area contributed by atoms with Gasteiger partial charge in [0.2, 0.25) is 0 Å². The first-order chi connectivity index (χ1) is 5.84. The van der Waals surface area contributed by atoms with Gasteiger partial charge in [-0.05, 0) is 30.9 Å². The second-order valence-corrected chi connectivity index (χ2v) is 2.96. The summed E-state index contributed by atoms with van der Waals surface area (Å²) in [5, 5.41) is 0. The zero-order valence-corrected chi connectivity index (χ0v) is 7.51. The van der Waals surface area contributed by atoms with Crippen LogP contribution >= 0.6 is 0 Å². The Morgan fingerprint density at radius 3 is 3.00 bits per heavy atom. The molecule has 1 aliphatic rings. The predicted molar refractivity (Wildman–Crippen MR) is 53.7 cm³/mol. The number of unbranched alkanes of at least 4 members (excludes halogenated alkanes) is 2. The van der Waals surface area contributed by atoms with E-state index >= 15 is 0 Å². The molecule has 0 heterocycles. The minimum atomic E-state index is 0.885. The van der Waals surface area contributed by atoms with Gasteiger partial charge in [0.25, 0.3) is 0 Å². The highest BCUT2D eigenvalue weighted by Crippen LogP contribution is 2.18. The molecule has 1 rings (SSSR count). The van der Waals surface area contributed by atoms with E-state index < -0.39 is 0 Å². The molecule has 0 saturated heterocycles. The van der Waals surface area contributed by atoms with Crippen LogP contribution in [0.25, 0.3) is 0 Å². The third kappa shape index (κ3) is 2.43. The summed E-state index contributed by atoms with van der Waals surface area (Å²) in [6.07, 6.45) is 16.8. The standard InChI is InChI=1S/C12H14/c1-3-4-5-6-9-12-10-7-8-11(12)2/h1,7-10H,4-6H2,2H3/b12-9-. The first-order valence-electron chi connectivity index (χ1n) is 4.33. The minimum absolute atomic E-state index is 0.885. The zero-order chi connectivity index (χ0) is 8.81. The molecule has 0 N–H and O–H groups in total. The molecule has 0 aromatic rings. The topological polar surface area (TPSA) is 0 Å². The van der Waals surface area contributed by atoms with Gasteiger partial charge < -0.3 is 0 Å². The van der Waals surface area contributed by atoms with Crippen LogP contribution in [-0.2, 0) is 0 Å². The van der Waals surface area contributed by atoms with Gasteiger partial charge in [0.15, 0.2) is 0 Å². The fourth-order valence-corrected chi connectivity index (χ4v) is 1.21. The molecular weight excluding hydrogens is 144 g/mol. The van der Waals surface area contributed by atoms with E-state index in [2.05, 4.69) is 37.1 Å². The fraction of sp³-hybridized carbons (Fsp3) is 0.333. The fourth-order valence-electron chi connectivity index (χ4n) is 1.21. The average Bonchev–Trinajstić information content (AvgIpc) is 2.46. The molecule has 0 aromatic carbocycles. The molecule has 0 aromatic heterocycles. The summed E-state index contributed by atoms with van der Waals surface area (Å²) in [5.74, 6) is 2.64. The molecule has 0 unspecified atom stereocenters. The van der Waals surface area contributed by atoms with Gasteiger partial charge in [0.05, 0.1) is 0 Å². The van der Waals surface area contributed by atoms with E-state index in [9.17, 15) is 0 Å². The SMILES string of the molecule is C#CCCC/C=C1/C=CC=C1C. The van der Waals surface area contributed by atoms with Gasteiger partial charge in [0, 0.05) is 6.42 Å². The van der Waals surface area contributed by atoms with E-state index in [1.54, 1.807) is 0 Å². The van der Waals surface area contributed by atoms with Crippen molar-refractivity contribution >= 4 is 0 Å². The maximum absolute atomic E-state index is 5.15. The predicted octanol–water partition coefficient (Wildman–Crippen LogP) is 3.23. The Kier molecular flexibility index (Phi) is 3.41. The summed E-state index contributed by atoms with van der Waals surface area (Å²) >= 11 is 0. The number of terminal acetylenes is 1. The molecule has 0 aliphatic heterocycles. The van der Waals surface area contributed by atoms with Gasteiger partial charge in [-0.15, -0.1) is 12.3 Å². The maximum Gasteiger partial charge on any atom is 0.00890 e. The van der Waals surface area contributed by atoms with Crippen LogP contribution in [0.15, 0.2) is 35.5 Å². The molecule has 0 bridgehead atoms. The summed E-state index contributed by atoms with van der Waals surface area (Å²) in [4.78, 5) is 0. The largest absolute Gasteiger partial charge is 0.120 e. The quantitative estimate of drug-likeness (QED) is 0.437. The number of rotatable bonds is 3. The van der Waals surface area contributed by atoms with Crippen LogP contribution in [-0.4, -0.2) is 0 Å². The highest BCUT2D eigenvalue weighted by molar-refractivity contribution is 5.46. The lowest BCUT2D eigenvalue weighted by molar-refractivity contribution is 0.882. The number of allylic oxidation sites excluding steroid dienone is 6. The van der Waals surface area contributed by atoms with Crippen molar-refractivity contribution in [3.05, 3.63) is 35.5 Å². The number of hydrogen-bond acceptors (Lipinski definition) is 0. The molecule has 0 radical (unpaired) electrons. The van der Waals surface area contributed by atoms with Crippen LogP contribution in [0.1, 0.15) is 26.2 Å².